The van der Waals surface area contributed by atoms with Gasteiger partial charge in [0.25, 0.3) is 0 Å². The van der Waals surface area contributed by atoms with Gasteiger partial charge in [0.15, 0.2) is 0 Å². The quantitative estimate of drug-likeness (QED) is 0.392. The first-order valence-corrected chi connectivity index (χ1v) is 8.21. The molecule has 0 bridgehead atoms. The van der Waals surface area contributed by atoms with Crippen LogP contribution in [-0.2, 0) is 4.79 Å². The maximum absolute atomic E-state index is 11.6. The fraction of sp³-hybridized carbons (Fsp3) is 0.938. The van der Waals surface area contributed by atoms with Crippen molar-refractivity contribution in [3.8, 4) is 0 Å². The molecule has 0 radical (unpaired) electrons. The minimum absolute atomic E-state index is 0.131. The molecule has 1 atom stereocenters. The van der Waals surface area contributed by atoms with Crippen molar-refractivity contribution in [2.75, 3.05) is 7.05 Å². The third kappa shape index (κ3) is 12.2. The van der Waals surface area contributed by atoms with E-state index in [4.69, 9.17) is 0 Å². The van der Waals surface area contributed by atoms with Crippen molar-refractivity contribution in [3.05, 3.63) is 0 Å². The summed E-state index contributed by atoms with van der Waals surface area (Å²) in [6, 6.07) is 0. The van der Waals surface area contributed by atoms with Gasteiger partial charge >= 0.3 is 0 Å². The van der Waals surface area contributed by atoms with Gasteiger partial charge in [0.05, 0.1) is 6.17 Å². The van der Waals surface area contributed by atoms with Crippen LogP contribution in [0.3, 0.4) is 0 Å². The van der Waals surface area contributed by atoms with Crippen LogP contribution in [0.25, 0.3) is 0 Å². The molecule has 0 aliphatic carbocycles. The van der Waals surface area contributed by atoms with E-state index >= 15 is 0 Å². The molecule has 3 heteroatoms. The van der Waals surface area contributed by atoms with Gasteiger partial charge in [-0.25, -0.2) is 0 Å². The summed E-state index contributed by atoms with van der Waals surface area (Å²) in [6.07, 6.45) is 13.4. The molecule has 1 amide bonds. The summed E-state index contributed by atoms with van der Waals surface area (Å²) in [5, 5.41) is 6.08. The molecule has 19 heavy (non-hydrogen) atoms. The van der Waals surface area contributed by atoms with Gasteiger partial charge in [-0.3, -0.25) is 4.79 Å². The van der Waals surface area contributed by atoms with Crippen LogP contribution in [0.1, 0.15) is 84.5 Å². The van der Waals surface area contributed by atoms with Crippen LogP contribution in [0.4, 0.5) is 0 Å². The lowest BCUT2D eigenvalue weighted by atomic mass is 10.1. The summed E-state index contributed by atoms with van der Waals surface area (Å²) < 4.78 is 0. The predicted octanol–water partition coefficient (Wildman–Crippen LogP) is 3.98. The summed E-state index contributed by atoms with van der Waals surface area (Å²) in [7, 11) is 1.88. The first-order chi connectivity index (χ1) is 9.24. The lowest BCUT2D eigenvalue weighted by Gasteiger charge is -2.15. The van der Waals surface area contributed by atoms with Gasteiger partial charge in [-0.05, 0) is 19.9 Å². The molecule has 0 aliphatic heterocycles. The molecule has 3 nitrogen and oxygen atoms in total. The van der Waals surface area contributed by atoms with E-state index in [9.17, 15) is 4.79 Å². The highest BCUT2D eigenvalue weighted by Gasteiger charge is 2.06. The van der Waals surface area contributed by atoms with Crippen molar-refractivity contribution >= 4 is 5.91 Å². The Kier molecular flexibility index (Phi) is 13.4. The van der Waals surface area contributed by atoms with E-state index in [1.54, 1.807) is 0 Å². The van der Waals surface area contributed by atoms with E-state index in [2.05, 4.69) is 24.5 Å². The molecular formula is C16H34N2O. The second-order valence-electron chi connectivity index (χ2n) is 5.40. The molecule has 114 valence electrons. The van der Waals surface area contributed by atoms with E-state index < -0.39 is 0 Å². The summed E-state index contributed by atoms with van der Waals surface area (Å²) in [5.41, 5.74) is 0. The van der Waals surface area contributed by atoms with Crippen molar-refractivity contribution in [1.29, 1.82) is 0 Å². The van der Waals surface area contributed by atoms with Crippen LogP contribution in [0.5, 0.6) is 0 Å². The molecule has 0 aliphatic rings. The average molecular weight is 270 g/mol. The maximum atomic E-state index is 11.6. The minimum atomic E-state index is 0.131. The summed E-state index contributed by atoms with van der Waals surface area (Å²) >= 11 is 0. The number of carbonyl (C=O) groups excluding carboxylic acids is 1. The highest BCUT2D eigenvalue weighted by molar-refractivity contribution is 5.76. The number of amides is 1. The number of hydrogen-bond donors (Lipinski definition) is 2. The van der Waals surface area contributed by atoms with Crippen molar-refractivity contribution in [2.45, 2.75) is 90.6 Å². The third-order valence-electron chi connectivity index (χ3n) is 3.60. The van der Waals surface area contributed by atoms with Crippen LogP contribution in [0, 0.1) is 0 Å². The molecule has 0 aromatic heterocycles. The van der Waals surface area contributed by atoms with E-state index in [-0.39, 0.29) is 12.1 Å². The summed E-state index contributed by atoms with van der Waals surface area (Å²) in [5.74, 6) is 0.184. The zero-order valence-electron chi connectivity index (χ0n) is 13.3. The zero-order chi connectivity index (χ0) is 14.3. The standard InChI is InChI=1S/C16H34N2O/c1-4-6-7-8-9-10-11-12-13-14-16(19)18-15(5-2)17-3/h15,17H,4-14H2,1-3H3,(H,18,19). The van der Waals surface area contributed by atoms with Gasteiger partial charge in [-0.1, -0.05) is 65.2 Å². The van der Waals surface area contributed by atoms with Gasteiger partial charge in [-0.15, -0.1) is 0 Å². The molecule has 0 saturated carbocycles. The smallest absolute Gasteiger partial charge is 0.221 e. The number of nitrogens with one attached hydrogen (secondary N) is 2. The fourth-order valence-electron chi connectivity index (χ4n) is 2.24. The summed E-state index contributed by atoms with van der Waals surface area (Å²) in [4.78, 5) is 11.6. The molecule has 0 aromatic carbocycles. The van der Waals surface area contributed by atoms with E-state index in [1.165, 1.54) is 51.4 Å². The lowest BCUT2D eigenvalue weighted by Crippen LogP contribution is -2.43. The Balaban J connectivity index is 3.27. The second-order valence-corrected chi connectivity index (χ2v) is 5.40. The number of unbranched alkanes of at least 4 members (excludes halogenated alkanes) is 8. The molecule has 0 spiro atoms. The predicted molar refractivity (Wildman–Crippen MR) is 83.1 cm³/mol. The van der Waals surface area contributed by atoms with E-state index in [0.29, 0.717) is 6.42 Å². The topological polar surface area (TPSA) is 41.1 Å². The van der Waals surface area contributed by atoms with Crippen molar-refractivity contribution in [3.63, 3.8) is 0 Å². The minimum Gasteiger partial charge on any atom is -0.341 e. The third-order valence-corrected chi connectivity index (χ3v) is 3.60. The summed E-state index contributed by atoms with van der Waals surface area (Å²) in [6.45, 7) is 4.32. The van der Waals surface area contributed by atoms with Gasteiger partial charge in [0.2, 0.25) is 5.91 Å². The number of rotatable bonds is 13. The molecule has 0 aromatic rings. The van der Waals surface area contributed by atoms with E-state index in [0.717, 1.165) is 12.8 Å². The molecule has 0 fully saturated rings. The van der Waals surface area contributed by atoms with E-state index in [1.807, 2.05) is 7.05 Å². The van der Waals surface area contributed by atoms with Crippen LogP contribution in [0.15, 0.2) is 0 Å². The first kappa shape index (κ1) is 18.4. The molecule has 0 heterocycles. The highest BCUT2D eigenvalue weighted by atomic mass is 16.1. The zero-order valence-corrected chi connectivity index (χ0v) is 13.3. The van der Waals surface area contributed by atoms with Crippen LogP contribution >= 0.6 is 0 Å². The average Bonchev–Trinajstić information content (AvgIpc) is 2.43. The number of hydrogen-bond acceptors (Lipinski definition) is 2. The van der Waals surface area contributed by atoms with Crippen molar-refractivity contribution in [1.82, 2.24) is 10.6 Å². The Morgan fingerprint density at radius 1 is 0.895 bits per heavy atom. The SMILES string of the molecule is CCCCCCCCCCCC(=O)NC(CC)NC. The molecule has 2 N–H and O–H groups in total. The Morgan fingerprint density at radius 2 is 1.42 bits per heavy atom. The van der Waals surface area contributed by atoms with Crippen LogP contribution in [0.2, 0.25) is 0 Å². The second kappa shape index (κ2) is 13.9. The molecule has 1 unspecified atom stereocenters. The Morgan fingerprint density at radius 3 is 1.89 bits per heavy atom. The molecular weight excluding hydrogens is 236 g/mol. The van der Waals surface area contributed by atoms with Crippen LogP contribution in [-0.4, -0.2) is 19.1 Å². The van der Waals surface area contributed by atoms with Gasteiger partial charge in [-0.2, -0.15) is 0 Å². The molecule has 0 saturated heterocycles. The largest absolute Gasteiger partial charge is 0.341 e. The fourth-order valence-corrected chi connectivity index (χ4v) is 2.24. The Labute approximate surface area is 119 Å². The highest BCUT2D eigenvalue weighted by Crippen LogP contribution is 2.10. The maximum Gasteiger partial charge on any atom is 0.221 e. The van der Waals surface area contributed by atoms with Gasteiger partial charge in [0, 0.05) is 6.42 Å². The normalized spacial score (nSPS) is 12.4. The van der Waals surface area contributed by atoms with Crippen molar-refractivity contribution in [2.24, 2.45) is 0 Å². The lowest BCUT2D eigenvalue weighted by molar-refractivity contribution is -0.122. The Hall–Kier alpha value is -0.570. The van der Waals surface area contributed by atoms with Crippen molar-refractivity contribution < 1.29 is 4.79 Å². The van der Waals surface area contributed by atoms with Gasteiger partial charge in [0.1, 0.15) is 0 Å². The monoisotopic (exact) mass is 270 g/mol. The van der Waals surface area contributed by atoms with Crippen LogP contribution < -0.4 is 10.6 Å². The Bertz CT molecular complexity index is 203. The number of carbonyl (C=O) groups is 1. The van der Waals surface area contributed by atoms with Gasteiger partial charge < -0.3 is 10.6 Å². The first-order valence-electron chi connectivity index (χ1n) is 8.21. The molecule has 0 rings (SSSR count).